The summed E-state index contributed by atoms with van der Waals surface area (Å²) in [7, 11) is 0. The molecular weight excluding hydrogens is 392 g/mol. The smallest absolute Gasteiger partial charge is 0.259 e. The molecule has 1 aliphatic heterocycles. The third-order valence-electron chi connectivity index (χ3n) is 5.73. The van der Waals surface area contributed by atoms with Crippen molar-refractivity contribution in [1.29, 1.82) is 0 Å². The lowest BCUT2D eigenvalue weighted by Crippen LogP contribution is -2.47. The molecule has 3 aromatic rings. The minimum absolute atomic E-state index is 0.0184. The molecule has 1 unspecified atom stereocenters. The summed E-state index contributed by atoms with van der Waals surface area (Å²) in [6, 6.07) is 8.17. The van der Waals surface area contributed by atoms with Crippen LogP contribution in [-0.4, -0.2) is 45.9 Å². The van der Waals surface area contributed by atoms with Gasteiger partial charge in [-0.1, -0.05) is 23.7 Å². The Kier molecular flexibility index (Phi) is 5.56. The number of rotatable bonds is 4. The number of halogens is 1. The van der Waals surface area contributed by atoms with E-state index in [4.69, 9.17) is 16.6 Å². The number of thiophene rings is 1. The molecule has 1 atom stereocenters. The van der Waals surface area contributed by atoms with E-state index in [1.54, 1.807) is 11.3 Å². The van der Waals surface area contributed by atoms with Crippen molar-refractivity contribution >= 4 is 33.2 Å². The zero-order chi connectivity index (χ0) is 19.8. The topological polar surface area (TPSA) is 52.2 Å². The quantitative estimate of drug-likeness (QED) is 0.694. The number of hydrogen-bond donors (Lipinski definition) is 1. The summed E-state index contributed by atoms with van der Waals surface area (Å²) in [6.45, 7) is 11.0. The number of nitrogens with one attached hydrogen (secondary N) is 1. The molecule has 28 heavy (non-hydrogen) atoms. The number of aromatic nitrogens is 2. The fraction of sp³-hybridized carbons (Fsp3) is 0.429. The molecule has 2 aromatic heterocycles. The highest BCUT2D eigenvalue weighted by atomic mass is 35.5. The fourth-order valence-electron chi connectivity index (χ4n) is 3.80. The molecule has 0 radical (unpaired) electrons. The van der Waals surface area contributed by atoms with Crippen molar-refractivity contribution < 1.29 is 0 Å². The van der Waals surface area contributed by atoms with E-state index in [2.05, 4.69) is 33.8 Å². The summed E-state index contributed by atoms with van der Waals surface area (Å²) in [4.78, 5) is 27.3. The number of H-pyrrole nitrogens is 1. The van der Waals surface area contributed by atoms with Crippen LogP contribution in [0.4, 0.5) is 0 Å². The van der Waals surface area contributed by atoms with Gasteiger partial charge in [0, 0.05) is 42.6 Å². The first-order valence-electron chi connectivity index (χ1n) is 9.63. The average molecular weight is 417 g/mol. The lowest BCUT2D eigenvalue weighted by atomic mass is 10.1. The van der Waals surface area contributed by atoms with Gasteiger partial charge in [-0.3, -0.25) is 14.6 Å². The number of aromatic amines is 1. The van der Waals surface area contributed by atoms with Crippen molar-refractivity contribution in [3.63, 3.8) is 0 Å². The number of fused-ring (bicyclic) bond motifs is 1. The summed E-state index contributed by atoms with van der Waals surface area (Å²) in [6.07, 6.45) is 0. The van der Waals surface area contributed by atoms with Crippen molar-refractivity contribution in [3.8, 4) is 0 Å². The highest BCUT2D eigenvalue weighted by molar-refractivity contribution is 7.18. The molecule has 1 saturated heterocycles. The average Bonchev–Trinajstić information content (AvgIpc) is 2.98. The SMILES string of the molecule is Cc1sc2nc(C(C)N3CCN(Cc4ccc(Cl)cc4)CC3)[nH]c(=O)c2c1C. The number of benzene rings is 1. The van der Waals surface area contributed by atoms with Crippen LogP contribution in [0.15, 0.2) is 29.1 Å². The van der Waals surface area contributed by atoms with Crippen LogP contribution in [-0.2, 0) is 6.54 Å². The molecule has 5 nitrogen and oxygen atoms in total. The Hall–Kier alpha value is -1.73. The predicted octanol–water partition coefficient (Wildman–Crippen LogP) is 4.13. The molecule has 1 aromatic carbocycles. The van der Waals surface area contributed by atoms with Crippen LogP contribution < -0.4 is 5.56 Å². The van der Waals surface area contributed by atoms with Gasteiger partial charge in [0.1, 0.15) is 10.7 Å². The molecule has 0 saturated carbocycles. The third-order valence-corrected chi connectivity index (χ3v) is 7.08. The third kappa shape index (κ3) is 3.87. The van der Waals surface area contributed by atoms with Crippen LogP contribution in [0.5, 0.6) is 0 Å². The molecule has 1 fully saturated rings. The van der Waals surface area contributed by atoms with E-state index in [-0.39, 0.29) is 11.6 Å². The first kappa shape index (κ1) is 19.6. The monoisotopic (exact) mass is 416 g/mol. The second kappa shape index (κ2) is 7.95. The Bertz CT molecular complexity index is 1030. The summed E-state index contributed by atoms with van der Waals surface area (Å²) in [5, 5.41) is 1.52. The van der Waals surface area contributed by atoms with Crippen molar-refractivity contribution in [2.24, 2.45) is 0 Å². The zero-order valence-electron chi connectivity index (χ0n) is 16.5. The molecule has 4 rings (SSSR count). The van der Waals surface area contributed by atoms with Crippen molar-refractivity contribution in [2.75, 3.05) is 26.2 Å². The molecule has 0 aliphatic carbocycles. The molecule has 1 aliphatic rings. The number of nitrogens with zero attached hydrogens (tertiary/aromatic N) is 3. The summed E-state index contributed by atoms with van der Waals surface area (Å²) in [5.74, 6) is 0.768. The van der Waals surface area contributed by atoms with Gasteiger partial charge in [-0.25, -0.2) is 4.98 Å². The molecule has 0 amide bonds. The van der Waals surface area contributed by atoms with Gasteiger partial charge in [0.05, 0.1) is 11.4 Å². The minimum Gasteiger partial charge on any atom is -0.309 e. The second-order valence-corrected chi connectivity index (χ2v) is 9.17. The molecule has 7 heteroatoms. The maximum atomic E-state index is 12.6. The Morgan fingerprint density at radius 1 is 1.18 bits per heavy atom. The molecule has 0 spiro atoms. The molecule has 148 valence electrons. The van der Waals surface area contributed by atoms with E-state index in [1.807, 2.05) is 26.0 Å². The van der Waals surface area contributed by atoms with E-state index < -0.39 is 0 Å². The first-order chi connectivity index (χ1) is 13.4. The first-order valence-corrected chi connectivity index (χ1v) is 10.8. The highest BCUT2D eigenvalue weighted by Gasteiger charge is 2.24. The van der Waals surface area contributed by atoms with Crippen LogP contribution in [0.1, 0.15) is 34.8 Å². The van der Waals surface area contributed by atoms with Crippen molar-refractivity contribution in [2.45, 2.75) is 33.4 Å². The Morgan fingerprint density at radius 3 is 2.54 bits per heavy atom. The number of aryl methyl sites for hydroxylation is 2. The Balaban J connectivity index is 1.44. The standard InChI is InChI=1S/C21H25ClN4OS/c1-13-15(3)28-21-18(13)20(27)23-19(24-21)14(2)26-10-8-25(9-11-26)12-16-4-6-17(22)7-5-16/h4-7,14H,8-12H2,1-3H3,(H,23,24,27). The van der Waals surface area contributed by atoms with E-state index in [0.717, 1.165) is 64.2 Å². The largest absolute Gasteiger partial charge is 0.309 e. The normalized spacial score (nSPS) is 17.3. The van der Waals surface area contributed by atoms with E-state index in [0.29, 0.717) is 0 Å². The number of piperazine rings is 1. The van der Waals surface area contributed by atoms with Gasteiger partial charge in [-0.05, 0) is 44.0 Å². The lowest BCUT2D eigenvalue weighted by molar-refractivity contribution is 0.0948. The van der Waals surface area contributed by atoms with Gasteiger partial charge < -0.3 is 4.98 Å². The molecule has 0 bridgehead atoms. The van der Waals surface area contributed by atoms with Crippen molar-refractivity contribution in [3.05, 3.63) is 61.5 Å². The Morgan fingerprint density at radius 2 is 1.86 bits per heavy atom. The van der Waals surface area contributed by atoms with Crippen LogP contribution in [0.25, 0.3) is 10.2 Å². The molecule has 1 N–H and O–H groups in total. The van der Waals surface area contributed by atoms with Gasteiger partial charge >= 0.3 is 0 Å². The summed E-state index contributed by atoms with van der Waals surface area (Å²) in [5.41, 5.74) is 2.31. The second-order valence-electron chi connectivity index (χ2n) is 7.53. The van der Waals surface area contributed by atoms with E-state index in [1.165, 1.54) is 5.56 Å². The highest BCUT2D eigenvalue weighted by Crippen LogP contribution is 2.27. The van der Waals surface area contributed by atoms with Crippen LogP contribution in [0.3, 0.4) is 0 Å². The predicted molar refractivity (Wildman–Crippen MR) is 116 cm³/mol. The van der Waals surface area contributed by atoms with E-state index >= 15 is 0 Å². The summed E-state index contributed by atoms with van der Waals surface area (Å²) >= 11 is 7.58. The van der Waals surface area contributed by atoms with Gasteiger partial charge in [-0.15, -0.1) is 11.3 Å². The van der Waals surface area contributed by atoms with E-state index in [9.17, 15) is 4.79 Å². The van der Waals surface area contributed by atoms with Crippen LogP contribution >= 0.6 is 22.9 Å². The number of hydrogen-bond acceptors (Lipinski definition) is 5. The minimum atomic E-state index is -0.0184. The summed E-state index contributed by atoms with van der Waals surface area (Å²) < 4.78 is 0. The van der Waals surface area contributed by atoms with Gasteiger partial charge in [-0.2, -0.15) is 0 Å². The van der Waals surface area contributed by atoms with Gasteiger partial charge in [0.25, 0.3) is 5.56 Å². The van der Waals surface area contributed by atoms with Gasteiger partial charge in [0.15, 0.2) is 0 Å². The fourth-order valence-corrected chi connectivity index (χ4v) is 4.96. The van der Waals surface area contributed by atoms with Gasteiger partial charge in [0.2, 0.25) is 0 Å². The van der Waals surface area contributed by atoms with Crippen LogP contribution in [0.2, 0.25) is 5.02 Å². The molecular formula is C21H25ClN4OS. The molecule has 3 heterocycles. The lowest BCUT2D eigenvalue weighted by Gasteiger charge is -2.37. The maximum Gasteiger partial charge on any atom is 0.259 e. The van der Waals surface area contributed by atoms with Crippen LogP contribution in [0, 0.1) is 13.8 Å². The van der Waals surface area contributed by atoms with Crippen molar-refractivity contribution in [1.82, 2.24) is 19.8 Å². The zero-order valence-corrected chi connectivity index (χ0v) is 18.0. The Labute approximate surface area is 174 Å². The maximum absolute atomic E-state index is 12.6.